The summed E-state index contributed by atoms with van der Waals surface area (Å²) in [7, 11) is 0. The Kier molecular flexibility index (Phi) is 3.11. The average molecular weight is 353 g/mol. The maximum atomic E-state index is 13.6. The largest absolute Gasteiger partial charge is 0.370 e. The van der Waals surface area contributed by atoms with Crippen molar-refractivity contribution >= 4 is 26.8 Å². The Hall–Kier alpha value is -1.27. The van der Waals surface area contributed by atoms with Crippen LogP contribution in [0.3, 0.4) is 0 Å². The molecule has 110 valence electrons. The molecule has 1 aliphatic carbocycles. The molecule has 1 aromatic carbocycles. The number of hydrogen-bond donors (Lipinski definition) is 0. The number of ether oxygens (including phenoxy) is 1. The standard InChI is InChI=1S/C15H14BrFN2O2/c16-11-7-8(17)6-10-13(11)18-14(12-2-1-5-21-12)19(15(10)20)9-3-4-9/h6-7,9,12H,1-5H2/t12-/m0/s1. The molecule has 2 fully saturated rings. The molecule has 6 heteroatoms. The highest BCUT2D eigenvalue weighted by atomic mass is 79.9. The highest BCUT2D eigenvalue weighted by Gasteiger charge is 2.33. The molecule has 4 nitrogen and oxygen atoms in total. The van der Waals surface area contributed by atoms with Gasteiger partial charge in [0.05, 0.1) is 10.9 Å². The van der Waals surface area contributed by atoms with Gasteiger partial charge in [-0.05, 0) is 53.7 Å². The van der Waals surface area contributed by atoms with Crippen molar-refractivity contribution in [3.8, 4) is 0 Å². The molecule has 1 saturated carbocycles. The van der Waals surface area contributed by atoms with E-state index in [1.165, 1.54) is 12.1 Å². The van der Waals surface area contributed by atoms with E-state index in [9.17, 15) is 9.18 Å². The molecule has 0 bridgehead atoms. The summed E-state index contributed by atoms with van der Waals surface area (Å²) in [6, 6.07) is 2.80. The van der Waals surface area contributed by atoms with E-state index in [4.69, 9.17) is 4.74 Å². The minimum atomic E-state index is -0.430. The molecule has 4 rings (SSSR count). The Labute approximate surface area is 129 Å². The second kappa shape index (κ2) is 4.88. The van der Waals surface area contributed by atoms with Crippen LogP contribution in [0, 0.1) is 5.82 Å². The maximum Gasteiger partial charge on any atom is 0.261 e. The number of nitrogens with zero attached hydrogens (tertiary/aromatic N) is 2. The lowest BCUT2D eigenvalue weighted by atomic mass is 10.2. The molecule has 2 heterocycles. The van der Waals surface area contributed by atoms with Crippen molar-refractivity contribution in [1.29, 1.82) is 0 Å². The first-order valence-electron chi connectivity index (χ1n) is 7.18. The van der Waals surface area contributed by atoms with Gasteiger partial charge in [-0.1, -0.05) is 0 Å². The van der Waals surface area contributed by atoms with Crippen molar-refractivity contribution in [3.63, 3.8) is 0 Å². The van der Waals surface area contributed by atoms with Crippen molar-refractivity contribution in [3.05, 3.63) is 38.6 Å². The molecule has 0 N–H and O–H groups in total. The van der Waals surface area contributed by atoms with Crippen molar-refractivity contribution in [2.24, 2.45) is 0 Å². The summed E-state index contributed by atoms with van der Waals surface area (Å²) in [6.45, 7) is 0.702. The minimum absolute atomic E-state index is 0.125. The summed E-state index contributed by atoms with van der Waals surface area (Å²) in [5, 5.41) is 0.329. The molecule has 0 spiro atoms. The third-order valence-corrected chi connectivity index (χ3v) is 4.68. The number of fused-ring (bicyclic) bond motifs is 1. The van der Waals surface area contributed by atoms with Crippen LogP contribution in [0.2, 0.25) is 0 Å². The van der Waals surface area contributed by atoms with Crippen molar-refractivity contribution in [2.45, 2.75) is 37.8 Å². The Morgan fingerprint density at radius 1 is 1.33 bits per heavy atom. The number of benzene rings is 1. The van der Waals surface area contributed by atoms with Crippen LogP contribution in [0.5, 0.6) is 0 Å². The van der Waals surface area contributed by atoms with Crippen LogP contribution < -0.4 is 5.56 Å². The number of aromatic nitrogens is 2. The van der Waals surface area contributed by atoms with E-state index in [0.29, 0.717) is 27.8 Å². The first kappa shape index (κ1) is 13.4. The van der Waals surface area contributed by atoms with E-state index in [-0.39, 0.29) is 17.7 Å². The van der Waals surface area contributed by atoms with Gasteiger partial charge in [0, 0.05) is 17.1 Å². The topological polar surface area (TPSA) is 44.1 Å². The molecule has 1 atom stereocenters. The van der Waals surface area contributed by atoms with E-state index >= 15 is 0 Å². The molecule has 1 aliphatic heterocycles. The number of halogens is 2. The zero-order valence-corrected chi connectivity index (χ0v) is 12.9. The Bertz CT molecular complexity index is 779. The Morgan fingerprint density at radius 2 is 2.14 bits per heavy atom. The number of rotatable bonds is 2. The molecule has 2 aromatic rings. The van der Waals surface area contributed by atoms with Gasteiger partial charge in [-0.3, -0.25) is 9.36 Å². The predicted molar refractivity (Wildman–Crippen MR) is 79.9 cm³/mol. The van der Waals surface area contributed by atoms with Crippen molar-refractivity contribution in [2.75, 3.05) is 6.61 Å². The zero-order valence-electron chi connectivity index (χ0n) is 11.3. The van der Waals surface area contributed by atoms with Gasteiger partial charge in [-0.25, -0.2) is 9.37 Å². The van der Waals surface area contributed by atoms with Crippen molar-refractivity contribution < 1.29 is 9.13 Å². The highest BCUT2D eigenvalue weighted by Crippen LogP contribution is 2.38. The molecule has 0 unspecified atom stereocenters. The summed E-state index contributed by atoms with van der Waals surface area (Å²) in [4.78, 5) is 17.4. The maximum absolute atomic E-state index is 13.6. The summed E-state index contributed by atoms with van der Waals surface area (Å²) >= 11 is 3.31. The summed E-state index contributed by atoms with van der Waals surface area (Å²) < 4.78 is 21.5. The fourth-order valence-electron chi connectivity index (χ4n) is 2.94. The number of hydrogen-bond acceptors (Lipinski definition) is 3. The third-order valence-electron chi connectivity index (χ3n) is 4.08. The van der Waals surface area contributed by atoms with Crippen LogP contribution in [-0.4, -0.2) is 16.2 Å². The van der Waals surface area contributed by atoms with Crippen LogP contribution >= 0.6 is 15.9 Å². The van der Waals surface area contributed by atoms with Gasteiger partial charge in [0.2, 0.25) is 0 Å². The average Bonchev–Trinajstić information content (AvgIpc) is 3.13. The zero-order chi connectivity index (χ0) is 14.6. The predicted octanol–water partition coefficient (Wildman–Crippen LogP) is 3.48. The Morgan fingerprint density at radius 3 is 2.81 bits per heavy atom. The van der Waals surface area contributed by atoms with Crippen LogP contribution in [-0.2, 0) is 4.74 Å². The van der Waals surface area contributed by atoms with E-state index in [1.54, 1.807) is 4.57 Å². The van der Waals surface area contributed by atoms with Crippen LogP contribution in [0.15, 0.2) is 21.4 Å². The molecule has 0 amide bonds. The summed E-state index contributed by atoms with van der Waals surface area (Å²) in [6.07, 6.45) is 3.68. The first-order valence-corrected chi connectivity index (χ1v) is 7.97. The summed E-state index contributed by atoms with van der Waals surface area (Å²) in [5.74, 6) is 0.264. The van der Waals surface area contributed by atoms with E-state index < -0.39 is 5.82 Å². The highest BCUT2D eigenvalue weighted by molar-refractivity contribution is 9.10. The van der Waals surface area contributed by atoms with Gasteiger partial charge < -0.3 is 4.74 Å². The van der Waals surface area contributed by atoms with Gasteiger partial charge >= 0.3 is 0 Å². The fraction of sp³-hybridized carbons (Fsp3) is 0.467. The molecule has 1 aromatic heterocycles. The molecule has 1 saturated heterocycles. The smallest absolute Gasteiger partial charge is 0.261 e. The second-order valence-electron chi connectivity index (χ2n) is 5.66. The van der Waals surface area contributed by atoms with Crippen LogP contribution in [0.1, 0.15) is 43.7 Å². The van der Waals surface area contributed by atoms with Crippen LogP contribution in [0.4, 0.5) is 4.39 Å². The quantitative estimate of drug-likeness (QED) is 0.830. The normalized spacial score (nSPS) is 22.1. The summed E-state index contributed by atoms with van der Waals surface area (Å²) in [5.41, 5.74) is 0.358. The molecule has 0 radical (unpaired) electrons. The SMILES string of the molecule is O=c1c2cc(F)cc(Br)c2nc([C@@H]2CCCO2)n1C1CC1. The van der Waals surface area contributed by atoms with E-state index in [2.05, 4.69) is 20.9 Å². The lowest BCUT2D eigenvalue weighted by Crippen LogP contribution is -2.26. The van der Waals surface area contributed by atoms with Gasteiger partial charge in [0.25, 0.3) is 5.56 Å². The van der Waals surface area contributed by atoms with E-state index in [0.717, 1.165) is 25.7 Å². The van der Waals surface area contributed by atoms with Crippen LogP contribution in [0.25, 0.3) is 10.9 Å². The molecule has 2 aliphatic rings. The molecule has 21 heavy (non-hydrogen) atoms. The van der Waals surface area contributed by atoms with Gasteiger partial charge in [0.1, 0.15) is 17.7 Å². The Balaban J connectivity index is 2.03. The van der Waals surface area contributed by atoms with Gasteiger partial charge in [-0.15, -0.1) is 0 Å². The first-order chi connectivity index (χ1) is 10.1. The van der Waals surface area contributed by atoms with Crippen molar-refractivity contribution in [1.82, 2.24) is 9.55 Å². The monoisotopic (exact) mass is 352 g/mol. The fourth-order valence-corrected chi connectivity index (χ4v) is 3.46. The van der Waals surface area contributed by atoms with Gasteiger partial charge in [0.15, 0.2) is 0 Å². The lowest BCUT2D eigenvalue weighted by molar-refractivity contribution is 0.101. The van der Waals surface area contributed by atoms with Gasteiger partial charge in [-0.2, -0.15) is 0 Å². The third kappa shape index (κ3) is 2.21. The minimum Gasteiger partial charge on any atom is -0.370 e. The van der Waals surface area contributed by atoms with E-state index in [1.807, 2.05) is 0 Å². The second-order valence-corrected chi connectivity index (χ2v) is 6.52. The molecular formula is C15H14BrFN2O2. The lowest BCUT2D eigenvalue weighted by Gasteiger charge is -2.17. The molecular weight excluding hydrogens is 339 g/mol.